The average Bonchev–Trinajstić information content (AvgIpc) is 3.22. The quantitative estimate of drug-likeness (QED) is 0.0697. The van der Waals surface area contributed by atoms with Gasteiger partial charge in [0, 0.05) is 43.2 Å². The number of fused-ring (bicyclic) bond motifs is 2. The molecule has 1 fully saturated rings. The van der Waals surface area contributed by atoms with E-state index in [9.17, 15) is 23.8 Å². The van der Waals surface area contributed by atoms with E-state index in [4.69, 9.17) is 28.9 Å². The Kier molecular flexibility index (Phi) is 15.1. The van der Waals surface area contributed by atoms with E-state index in [1.54, 1.807) is 54.3 Å². The fourth-order valence-corrected chi connectivity index (χ4v) is 9.00. The minimum absolute atomic E-state index is 0.0164. The van der Waals surface area contributed by atoms with Gasteiger partial charge in [-0.1, -0.05) is 60.5 Å². The van der Waals surface area contributed by atoms with E-state index >= 15 is 0 Å². The van der Waals surface area contributed by atoms with Gasteiger partial charge < -0.3 is 34.0 Å². The molecule has 1 amide bonds. The van der Waals surface area contributed by atoms with Gasteiger partial charge in [0.1, 0.15) is 41.4 Å². The Bertz CT molecular complexity index is 1980. The zero-order valence-corrected chi connectivity index (χ0v) is 35.3. The van der Waals surface area contributed by atoms with E-state index in [0.717, 1.165) is 36.8 Å². The van der Waals surface area contributed by atoms with E-state index < -0.39 is 35.3 Å². The highest BCUT2D eigenvalue weighted by Gasteiger charge is 2.65. The number of allylic oxidation sites excluding steroid dienone is 1. The molecule has 0 spiro atoms. The first-order valence-electron chi connectivity index (χ1n) is 21.2. The van der Waals surface area contributed by atoms with Gasteiger partial charge in [0.2, 0.25) is 5.79 Å². The Morgan fingerprint density at radius 1 is 1.02 bits per heavy atom. The molecule has 6 atom stereocenters. The highest BCUT2D eigenvalue weighted by Crippen LogP contribution is 2.62. The number of aliphatic hydroxyl groups is 2. The van der Waals surface area contributed by atoms with Crippen molar-refractivity contribution in [3.05, 3.63) is 119 Å². The highest BCUT2D eigenvalue weighted by molar-refractivity contribution is 6.03. The summed E-state index contributed by atoms with van der Waals surface area (Å²) in [5.41, 5.74) is 2.84. The summed E-state index contributed by atoms with van der Waals surface area (Å²) < 4.78 is 55.2. The SMILES string of the molecule is C=CCO[C@@]12Oc3ccc(OCc4ccccc4F)cc3[C@H]3[C@H](CCCCO)[C@@H](CCCCO)C=C(C(=NOC(C)(C)C)C[C@@H]1N(Cc1ccc(F)cc1)C(=O)OCC)[C@H]32. The first-order chi connectivity index (χ1) is 28.9. The number of unbranched alkanes of at least 4 members (excludes halogenated alkanes) is 2. The molecule has 1 saturated carbocycles. The number of hydrogen-bond donors (Lipinski definition) is 2. The third-order valence-corrected chi connectivity index (χ3v) is 11.6. The summed E-state index contributed by atoms with van der Waals surface area (Å²) in [6.45, 7) is 11.9. The van der Waals surface area contributed by atoms with Crippen LogP contribution in [-0.4, -0.2) is 70.8 Å². The highest BCUT2D eigenvalue weighted by atomic mass is 19.1. The number of rotatable bonds is 19. The number of halogens is 2. The molecule has 3 aromatic carbocycles. The largest absolute Gasteiger partial charge is 0.489 e. The Labute approximate surface area is 352 Å². The Morgan fingerprint density at radius 2 is 1.75 bits per heavy atom. The zero-order valence-electron chi connectivity index (χ0n) is 35.3. The van der Waals surface area contributed by atoms with Gasteiger partial charge in [0.15, 0.2) is 0 Å². The number of oxime groups is 1. The summed E-state index contributed by atoms with van der Waals surface area (Å²) in [6.07, 6.45) is 7.83. The third kappa shape index (κ3) is 10.2. The van der Waals surface area contributed by atoms with Crippen LogP contribution in [0.15, 0.2) is 96.2 Å². The van der Waals surface area contributed by atoms with Crippen molar-refractivity contribution in [1.29, 1.82) is 0 Å². The number of carbonyl (C=O) groups excluding carboxylic acids is 1. The van der Waals surface area contributed by atoms with Gasteiger partial charge in [-0.3, -0.25) is 4.90 Å². The minimum atomic E-state index is -1.52. The van der Waals surface area contributed by atoms with Gasteiger partial charge in [0.05, 0.1) is 24.8 Å². The number of amides is 1. The van der Waals surface area contributed by atoms with Gasteiger partial charge in [0.25, 0.3) is 0 Å². The molecule has 10 nitrogen and oxygen atoms in total. The van der Waals surface area contributed by atoms with Crippen LogP contribution in [0.4, 0.5) is 13.6 Å². The molecule has 0 unspecified atom stereocenters. The lowest BCUT2D eigenvalue weighted by Crippen LogP contribution is -2.70. The normalized spacial score (nSPS) is 23.8. The predicted octanol–water partition coefficient (Wildman–Crippen LogP) is 9.63. The molecule has 12 heteroatoms. The van der Waals surface area contributed by atoms with Gasteiger partial charge in [-0.2, -0.15) is 0 Å². The molecule has 6 rings (SSSR count). The van der Waals surface area contributed by atoms with E-state index in [1.807, 2.05) is 32.9 Å². The molecule has 0 aromatic heterocycles. The molecular weight excluding hydrogens is 771 g/mol. The smallest absolute Gasteiger partial charge is 0.410 e. The van der Waals surface area contributed by atoms with Crippen LogP contribution in [0, 0.1) is 29.4 Å². The van der Waals surface area contributed by atoms with Gasteiger partial charge >= 0.3 is 6.09 Å². The molecule has 1 heterocycles. The summed E-state index contributed by atoms with van der Waals surface area (Å²) in [4.78, 5) is 22.1. The summed E-state index contributed by atoms with van der Waals surface area (Å²) in [5, 5.41) is 24.7. The van der Waals surface area contributed by atoms with Crippen molar-refractivity contribution in [3.63, 3.8) is 0 Å². The minimum Gasteiger partial charge on any atom is -0.489 e. The van der Waals surface area contributed by atoms with E-state index in [-0.39, 0.29) is 69.6 Å². The summed E-state index contributed by atoms with van der Waals surface area (Å²) in [5.74, 6) is -2.06. The fraction of sp³-hybridized carbons (Fsp3) is 0.500. The third-order valence-electron chi connectivity index (χ3n) is 11.6. The number of carbonyl (C=O) groups is 1. The molecule has 0 bridgehead atoms. The predicted molar refractivity (Wildman–Crippen MR) is 225 cm³/mol. The molecule has 1 aliphatic heterocycles. The van der Waals surface area contributed by atoms with E-state index in [1.165, 1.54) is 18.2 Å². The second-order valence-corrected chi connectivity index (χ2v) is 16.8. The summed E-state index contributed by atoms with van der Waals surface area (Å²) in [7, 11) is 0. The molecular formula is C48H60F2N2O8. The van der Waals surface area contributed by atoms with Crippen LogP contribution in [0.1, 0.15) is 95.2 Å². The number of ether oxygens (including phenoxy) is 4. The van der Waals surface area contributed by atoms with Crippen LogP contribution in [0.25, 0.3) is 0 Å². The topological polar surface area (TPSA) is 119 Å². The summed E-state index contributed by atoms with van der Waals surface area (Å²) >= 11 is 0. The van der Waals surface area contributed by atoms with Crippen LogP contribution in [0.2, 0.25) is 0 Å². The molecule has 2 N–H and O–H groups in total. The molecule has 2 aliphatic carbocycles. The lowest BCUT2D eigenvalue weighted by Gasteiger charge is -2.60. The van der Waals surface area contributed by atoms with E-state index in [0.29, 0.717) is 41.2 Å². The first kappa shape index (κ1) is 44.8. The molecule has 0 radical (unpaired) electrons. The number of hydrogen-bond acceptors (Lipinski definition) is 9. The number of nitrogens with zero attached hydrogens (tertiary/aromatic N) is 2. The maximum Gasteiger partial charge on any atom is 0.410 e. The average molecular weight is 831 g/mol. The first-order valence-corrected chi connectivity index (χ1v) is 21.2. The van der Waals surface area contributed by atoms with Crippen molar-refractivity contribution in [2.45, 2.75) is 109 Å². The van der Waals surface area contributed by atoms with Crippen molar-refractivity contribution >= 4 is 11.8 Å². The molecule has 0 saturated heterocycles. The Balaban J connectivity index is 1.60. The Morgan fingerprint density at radius 3 is 2.43 bits per heavy atom. The van der Waals surface area contributed by atoms with Crippen LogP contribution in [0.3, 0.4) is 0 Å². The maximum absolute atomic E-state index is 14.7. The second-order valence-electron chi connectivity index (χ2n) is 16.8. The van der Waals surface area contributed by atoms with Crippen LogP contribution in [-0.2, 0) is 27.5 Å². The monoisotopic (exact) mass is 830 g/mol. The Hall–Kier alpha value is -4.78. The maximum atomic E-state index is 14.7. The molecule has 324 valence electrons. The fourth-order valence-electron chi connectivity index (χ4n) is 9.00. The van der Waals surface area contributed by atoms with Crippen molar-refractivity contribution < 1.29 is 47.6 Å². The lowest BCUT2D eigenvalue weighted by molar-refractivity contribution is -0.256. The molecule has 3 aromatic rings. The van der Waals surface area contributed by atoms with E-state index in [2.05, 4.69) is 12.7 Å². The van der Waals surface area contributed by atoms with Gasteiger partial charge in [-0.05, 0) is 113 Å². The number of aliphatic hydroxyl groups excluding tert-OH is 2. The van der Waals surface area contributed by atoms with Crippen molar-refractivity contribution in [3.8, 4) is 11.5 Å². The van der Waals surface area contributed by atoms with Crippen molar-refractivity contribution in [2.24, 2.45) is 22.9 Å². The van der Waals surface area contributed by atoms with Crippen LogP contribution in [0.5, 0.6) is 11.5 Å². The van der Waals surface area contributed by atoms with Gasteiger partial charge in [-0.15, -0.1) is 6.58 Å². The van der Waals surface area contributed by atoms with Crippen LogP contribution >= 0.6 is 0 Å². The van der Waals surface area contributed by atoms with Gasteiger partial charge in [-0.25, -0.2) is 13.6 Å². The molecule has 60 heavy (non-hydrogen) atoms. The van der Waals surface area contributed by atoms with Crippen molar-refractivity contribution in [1.82, 2.24) is 4.90 Å². The second kappa shape index (κ2) is 20.2. The van der Waals surface area contributed by atoms with Crippen molar-refractivity contribution in [2.75, 3.05) is 26.4 Å². The standard InChI is InChI=1S/C48H60F2N2O8/c1-6-26-58-48-43(52(46(55)56-7-2)30-32-18-20-35(49)21-19-32)29-41(51-60-47(3,4)5)38-27-33(14-10-12-24-53)37(16-11-13-25-54)44(45(38)48)39-28-36(22-23-42(39)59-48)57-31-34-15-8-9-17-40(34)50/h6,8-9,15,17-23,27-28,33,37,43-45,53-54H,1,7,10-14,16,24-26,29-31H2,2-5H3/t33-,37+,43-,44+,45+,48+/m0/s1. The zero-order chi connectivity index (χ0) is 42.9. The van der Waals surface area contributed by atoms with Crippen LogP contribution < -0.4 is 9.47 Å². The number of benzene rings is 3. The molecule has 3 aliphatic rings. The lowest BCUT2D eigenvalue weighted by atomic mass is 9.55. The summed E-state index contributed by atoms with van der Waals surface area (Å²) in [6, 6.07) is 17.3.